The highest BCUT2D eigenvalue weighted by molar-refractivity contribution is 5.01. The van der Waals surface area contributed by atoms with Crippen LogP contribution in [-0.4, -0.2) is 26.5 Å². The number of nitrogens with two attached hydrogens (primary N) is 1. The molecule has 0 spiro atoms. The monoisotopic (exact) mass is 228 g/mol. The first-order valence-electron chi connectivity index (χ1n) is 4.78. The average Bonchev–Trinajstić information content (AvgIpc) is 2.17. The SMILES string of the molecule is Cn1nc(OCC(C)(C)N)c(=O)n(C)c1=O. The second-order valence-corrected chi connectivity index (χ2v) is 4.35. The van der Waals surface area contributed by atoms with Crippen LogP contribution in [0.25, 0.3) is 0 Å². The van der Waals surface area contributed by atoms with Crippen LogP contribution in [0.1, 0.15) is 13.8 Å². The molecule has 0 saturated carbocycles. The third-order valence-electron chi connectivity index (χ3n) is 1.87. The van der Waals surface area contributed by atoms with Gasteiger partial charge in [0, 0.05) is 19.6 Å². The molecule has 0 saturated heterocycles. The minimum atomic E-state index is -0.568. The molecule has 0 fully saturated rings. The lowest BCUT2D eigenvalue weighted by Crippen LogP contribution is -2.42. The van der Waals surface area contributed by atoms with E-state index in [4.69, 9.17) is 10.5 Å². The maximum Gasteiger partial charge on any atom is 0.347 e. The molecule has 0 unspecified atom stereocenters. The Balaban J connectivity index is 3.08. The van der Waals surface area contributed by atoms with Crippen LogP contribution >= 0.6 is 0 Å². The fourth-order valence-electron chi connectivity index (χ4n) is 1.01. The number of aryl methyl sites for hydroxylation is 1. The molecule has 0 amide bonds. The molecule has 0 aliphatic rings. The van der Waals surface area contributed by atoms with Crippen LogP contribution in [0.4, 0.5) is 0 Å². The van der Waals surface area contributed by atoms with Gasteiger partial charge in [-0.15, -0.1) is 5.10 Å². The summed E-state index contributed by atoms with van der Waals surface area (Å²) >= 11 is 0. The van der Waals surface area contributed by atoms with Crippen molar-refractivity contribution in [1.82, 2.24) is 14.3 Å². The molecule has 0 atom stereocenters. The Morgan fingerprint density at radius 3 is 2.44 bits per heavy atom. The Hall–Kier alpha value is -1.63. The number of aromatic nitrogens is 3. The fraction of sp³-hybridized carbons (Fsp3) is 0.667. The summed E-state index contributed by atoms with van der Waals surface area (Å²) in [4.78, 5) is 22.9. The van der Waals surface area contributed by atoms with Crippen LogP contribution in [-0.2, 0) is 14.1 Å². The first-order chi connectivity index (χ1) is 7.22. The maximum absolute atomic E-state index is 11.6. The van der Waals surface area contributed by atoms with E-state index >= 15 is 0 Å². The van der Waals surface area contributed by atoms with E-state index in [9.17, 15) is 9.59 Å². The highest BCUT2D eigenvalue weighted by Crippen LogP contribution is 2.00. The van der Waals surface area contributed by atoms with Crippen molar-refractivity contribution in [2.24, 2.45) is 19.8 Å². The third kappa shape index (κ3) is 2.69. The molecule has 0 aromatic carbocycles. The van der Waals surface area contributed by atoms with Gasteiger partial charge in [0.2, 0.25) is 0 Å². The largest absolute Gasteiger partial charge is 0.471 e. The highest BCUT2D eigenvalue weighted by Gasteiger charge is 2.15. The molecule has 1 aromatic heterocycles. The Bertz CT molecular complexity index is 495. The second-order valence-electron chi connectivity index (χ2n) is 4.35. The van der Waals surface area contributed by atoms with Gasteiger partial charge in [0.05, 0.1) is 0 Å². The zero-order valence-corrected chi connectivity index (χ0v) is 9.85. The number of ether oxygens (including phenoxy) is 1. The van der Waals surface area contributed by atoms with Crippen molar-refractivity contribution in [2.45, 2.75) is 19.4 Å². The molecule has 7 heteroatoms. The van der Waals surface area contributed by atoms with E-state index in [1.807, 2.05) is 0 Å². The van der Waals surface area contributed by atoms with Gasteiger partial charge >= 0.3 is 11.2 Å². The molecular weight excluding hydrogens is 212 g/mol. The van der Waals surface area contributed by atoms with Crippen molar-refractivity contribution in [3.8, 4) is 5.88 Å². The molecule has 2 N–H and O–H groups in total. The summed E-state index contributed by atoms with van der Waals surface area (Å²) in [5.74, 6) is -0.122. The predicted octanol–water partition coefficient (Wildman–Crippen LogP) is -1.40. The zero-order chi connectivity index (χ0) is 12.5. The Labute approximate surface area is 92.4 Å². The van der Waals surface area contributed by atoms with Gasteiger partial charge in [0.25, 0.3) is 5.88 Å². The maximum atomic E-state index is 11.6. The number of nitrogens with zero attached hydrogens (tertiary/aromatic N) is 3. The Kier molecular flexibility index (Phi) is 3.18. The highest BCUT2D eigenvalue weighted by atomic mass is 16.5. The van der Waals surface area contributed by atoms with Crippen molar-refractivity contribution < 1.29 is 4.74 Å². The summed E-state index contributed by atoms with van der Waals surface area (Å²) in [6.07, 6.45) is 0. The van der Waals surface area contributed by atoms with Gasteiger partial charge in [-0.2, -0.15) is 0 Å². The lowest BCUT2D eigenvalue weighted by Gasteiger charge is -2.18. The van der Waals surface area contributed by atoms with Gasteiger partial charge in [0.15, 0.2) is 0 Å². The normalized spacial score (nSPS) is 11.6. The first kappa shape index (κ1) is 12.4. The molecule has 0 radical (unpaired) electrons. The third-order valence-corrected chi connectivity index (χ3v) is 1.87. The van der Waals surface area contributed by atoms with Crippen molar-refractivity contribution in [1.29, 1.82) is 0 Å². The molecule has 16 heavy (non-hydrogen) atoms. The first-order valence-corrected chi connectivity index (χ1v) is 4.78. The lowest BCUT2D eigenvalue weighted by molar-refractivity contribution is 0.223. The smallest absolute Gasteiger partial charge is 0.347 e. The van der Waals surface area contributed by atoms with Gasteiger partial charge < -0.3 is 10.5 Å². The van der Waals surface area contributed by atoms with Crippen LogP contribution in [0.5, 0.6) is 5.88 Å². The van der Waals surface area contributed by atoms with Crippen LogP contribution in [0.3, 0.4) is 0 Å². The summed E-state index contributed by atoms with van der Waals surface area (Å²) in [7, 11) is 2.81. The topological polar surface area (TPSA) is 92.1 Å². The molecule has 90 valence electrons. The fourth-order valence-corrected chi connectivity index (χ4v) is 1.01. The minimum absolute atomic E-state index is 0.122. The van der Waals surface area contributed by atoms with Gasteiger partial charge in [-0.3, -0.25) is 9.36 Å². The van der Waals surface area contributed by atoms with Crippen LogP contribution in [0, 0.1) is 0 Å². The summed E-state index contributed by atoms with van der Waals surface area (Å²) in [5, 5.41) is 3.73. The summed E-state index contributed by atoms with van der Waals surface area (Å²) < 4.78 is 7.17. The molecular formula is C9H16N4O3. The number of rotatable bonds is 3. The van der Waals surface area contributed by atoms with E-state index in [1.54, 1.807) is 13.8 Å². The molecule has 0 bridgehead atoms. The Morgan fingerprint density at radius 1 is 1.38 bits per heavy atom. The van der Waals surface area contributed by atoms with Gasteiger partial charge in [-0.05, 0) is 13.8 Å². The van der Waals surface area contributed by atoms with Gasteiger partial charge in [0.1, 0.15) is 6.61 Å². The van der Waals surface area contributed by atoms with Crippen molar-refractivity contribution in [2.75, 3.05) is 6.61 Å². The summed E-state index contributed by atoms with van der Waals surface area (Å²) in [6.45, 7) is 3.67. The standard InChI is InChI=1S/C9H16N4O3/c1-9(2,10)5-16-6-7(14)12(3)8(15)13(4)11-6/h5,10H2,1-4H3. The predicted molar refractivity (Wildman–Crippen MR) is 58.5 cm³/mol. The van der Waals surface area contributed by atoms with Crippen molar-refractivity contribution in [3.05, 3.63) is 20.8 Å². The zero-order valence-electron chi connectivity index (χ0n) is 9.85. The van der Waals surface area contributed by atoms with Crippen LogP contribution in [0.15, 0.2) is 9.59 Å². The van der Waals surface area contributed by atoms with E-state index in [1.165, 1.54) is 14.1 Å². The molecule has 0 aliphatic carbocycles. The number of hydrogen-bond donors (Lipinski definition) is 1. The van der Waals surface area contributed by atoms with E-state index < -0.39 is 16.8 Å². The average molecular weight is 228 g/mol. The molecule has 7 nitrogen and oxygen atoms in total. The minimum Gasteiger partial charge on any atom is -0.471 e. The van der Waals surface area contributed by atoms with Crippen molar-refractivity contribution >= 4 is 0 Å². The number of hydrogen-bond acceptors (Lipinski definition) is 5. The van der Waals surface area contributed by atoms with Crippen molar-refractivity contribution in [3.63, 3.8) is 0 Å². The summed E-state index contributed by atoms with van der Waals surface area (Å²) in [5.41, 5.74) is 4.08. The Morgan fingerprint density at radius 2 is 1.94 bits per heavy atom. The van der Waals surface area contributed by atoms with Gasteiger partial charge in [-0.1, -0.05) is 0 Å². The lowest BCUT2D eigenvalue weighted by atomic mass is 10.1. The second kappa shape index (κ2) is 4.09. The van der Waals surface area contributed by atoms with Crippen LogP contribution in [0.2, 0.25) is 0 Å². The summed E-state index contributed by atoms with van der Waals surface area (Å²) in [6, 6.07) is 0. The van der Waals surface area contributed by atoms with E-state index in [0.717, 1.165) is 9.25 Å². The quantitative estimate of drug-likeness (QED) is 0.686. The van der Waals surface area contributed by atoms with Gasteiger partial charge in [-0.25, -0.2) is 9.48 Å². The van der Waals surface area contributed by atoms with E-state index in [2.05, 4.69) is 5.10 Å². The molecule has 1 heterocycles. The molecule has 0 aliphatic heterocycles. The van der Waals surface area contributed by atoms with Crippen LogP contribution < -0.4 is 21.7 Å². The van der Waals surface area contributed by atoms with E-state index in [0.29, 0.717) is 0 Å². The van der Waals surface area contributed by atoms with E-state index in [-0.39, 0.29) is 12.5 Å². The molecule has 1 aromatic rings. The molecule has 1 rings (SSSR count).